The smallest absolute Gasteiger partial charge is 0.0305 e. The van der Waals surface area contributed by atoms with Crippen molar-refractivity contribution < 1.29 is 0 Å². The Hall–Kier alpha value is -1.06. The summed E-state index contributed by atoms with van der Waals surface area (Å²) in [6.45, 7) is 2.10. The van der Waals surface area contributed by atoms with E-state index in [4.69, 9.17) is 0 Å². The molecule has 1 aliphatic rings. The van der Waals surface area contributed by atoms with Crippen molar-refractivity contribution in [2.24, 2.45) is 0 Å². The minimum absolute atomic E-state index is 0.539. The van der Waals surface area contributed by atoms with Crippen LogP contribution in [0.25, 0.3) is 0 Å². The quantitative estimate of drug-likeness (QED) is 0.622. The fraction of sp³-hybridized carbons (Fsp3) is 0.333. The number of hydroxylamine groups is 1. The summed E-state index contributed by atoms with van der Waals surface area (Å²) >= 11 is 0. The minimum atomic E-state index is 0.539. The monoisotopic (exact) mass is 163 g/mol. The third-order valence-electron chi connectivity index (χ3n) is 2.07. The standard InChI is InChI=1S/C9H11N2O/c12-11-6-5-10-7-8-3-1-2-4-9(8)11/h1-4,10H,5-7H2/q-1. The van der Waals surface area contributed by atoms with Crippen molar-refractivity contribution in [3.8, 4) is 0 Å². The predicted octanol–water partition coefficient (Wildman–Crippen LogP) is 1.09. The fourth-order valence-corrected chi connectivity index (χ4v) is 1.43. The number of nitrogens with one attached hydrogen (secondary N) is 1. The van der Waals surface area contributed by atoms with E-state index < -0.39 is 0 Å². The van der Waals surface area contributed by atoms with Crippen LogP contribution in [0.15, 0.2) is 24.3 Å². The van der Waals surface area contributed by atoms with Gasteiger partial charge in [0.1, 0.15) is 0 Å². The van der Waals surface area contributed by atoms with Gasteiger partial charge in [-0.2, -0.15) is 0 Å². The fourth-order valence-electron chi connectivity index (χ4n) is 1.43. The van der Waals surface area contributed by atoms with Crippen LogP contribution in [0.4, 0.5) is 5.69 Å². The third-order valence-corrected chi connectivity index (χ3v) is 2.07. The van der Waals surface area contributed by atoms with Crippen LogP contribution < -0.4 is 10.4 Å². The van der Waals surface area contributed by atoms with Crippen molar-refractivity contribution in [2.75, 3.05) is 18.2 Å². The first-order valence-electron chi connectivity index (χ1n) is 4.11. The van der Waals surface area contributed by atoms with Crippen LogP contribution in [-0.4, -0.2) is 13.1 Å². The molecule has 0 radical (unpaired) electrons. The molecule has 0 amide bonds. The Morgan fingerprint density at radius 2 is 2.17 bits per heavy atom. The molecule has 0 aromatic heterocycles. The normalized spacial score (nSPS) is 16.9. The molecule has 1 N–H and O–H groups in total. The van der Waals surface area contributed by atoms with Crippen molar-refractivity contribution in [3.63, 3.8) is 0 Å². The van der Waals surface area contributed by atoms with Gasteiger partial charge >= 0.3 is 0 Å². The average Bonchev–Trinajstić information content (AvgIpc) is 2.29. The van der Waals surface area contributed by atoms with Gasteiger partial charge in [0.2, 0.25) is 0 Å². The molecule has 3 heteroatoms. The zero-order valence-electron chi connectivity index (χ0n) is 6.79. The van der Waals surface area contributed by atoms with Crippen LogP contribution in [0.5, 0.6) is 0 Å². The van der Waals surface area contributed by atoms with Crippen molar-refractivity contribution >= 4 is 5.69 Å². The molecule has 0 unspecified atom stereocenters. The molecule has 3 nitrogen and oxygen atoms in total. The maximum atomic E-state index is 11.4. The summed E-state index contributed by atoms with van der Waals surface area (Å²) < 4.78 is 0. The van der Waals surface area contributed by atoms with Crippen molar-refractivity contribution in [1.82, 2.24) is 5.32 Å². The molecule has 0 saturated heterocycles. The summed E-state index contributed by atoms with van der Waals surface area (Å²) in [5, 5.41) is 15.6. The summed E-state index contributed by atoms with van der Waals surface area (Å²) in [7, 11) is 0. The van der Waals surface area contributed by atoms with E-state index in [1.165, 1.54) is 0 Å². The molecule has 12 heavy (non-hydrogen) atoms. The second-order valence-electron chi connectivity index (χ2n) is 2.91. The van der Waals surface area contributed by atoms with Crippen LogP contribution in [-0.2, 0) is 6.54 Å². The van der Waals surface area contributed by atoms with Crippen LogP contribution in [0, 0.1) is 5.21 Å². The van der Waals surface area contributed by atoms with Gasteiger partial charge in [-0.15, -0.1) is 0 Å². The molecule has 64 valence electrons. The van der Waals surface area contributed by atoms with E-state index in [0.717, 1.165) is 29.4 Å². The summed E-state index contributed by atoms with van der Waals surface area (Å²) in [4.78, 5) is 0. The van der Waals surface area contributed by atoms with Gasteiger partial charge in [-0.25, -0.2) is 0 Å². The van der Waals surface area contributed by atoms with E-state index in [-0.39, 0.29) is 0 Å². The number of rotatable bonds is 0. The zero-order chi connectivity index (χ0) is 8.39. The minimum Gasteiger partial charge on any atom is -0.758 e. The first-order chi connectivity index (χ1) is 5.88. The van der Waals surface area contributed by atoms with Crippen LogP contribution in [0.1, 0.15) is 5.56 Å². The van der Waals surface area contributed by atoms with Crippen molar-refractivity contribution in [2.45, 2.75) is 6.54 Å². The molecule has 1 aliphatic heterocycles. The molecular weight excluding hydrogens is 152 g/mol. The molecule has 0 aliphatic carbocycles. The van der Waals surface area contributed by atoms with Gasteiger partial charge in [-0.05, 0) is 11.6 Å². The Bertz CT molecular complexity index is 275. The third kappa shape index (κ3) is 1.29. The Kier molecular flexibility index (Phi) is 1.98. The first-order valence-corrected chi connectivity index (χ1v) is 4.11. The lowest BCUT2D eigenvalue weighted by atomic mass is 10.2. The number of fused-ring (bicyclic) bond motifs is 1. The molecular formula is C9H11N2O-. The van der Waals surface area contributed by atoms with Crippen LogP contribution >= 0.6 is 0 Å². The van der Waals surface area contributed by atoms with E-state index in [0.29, 0.717) is 6.54 Å². The summed E-state index contributed by atoms with van der Waals surface area (Å²) in [5.41, 5.74) is 1.90. The molecule has 2 rings (SSSR count). The van der Waals surface area contributed by atoms with E-state index in [9.17, 15) is 5.21 Å². The van der Waals surface area contributed by atoms with Gasteiger partial charge in [0.05, 0.1) is 0 Å². The van der Waals surface area contributed by atoms with Crippen molar-refractivity contribution in [3.05, 3.63) is 35.0 Å². The lowest BCUT2D eigenvalue weighted by Gasteiger charge is -2.30. The SMILES string of the molecule is [O-]N1CCNCc2ccccc21. The largest absolute Gasteiger partial charge is 0.758 e. The van der Waals surface area contributed by atoms with Crippen LogP contribution in [0.3, 0.4) is 0 Å². The number of hydrogen-bond donors (Lipinski definition) is 1. The highest BCUT2D eigenvalue weighted by Gasteiger charge is 2.06. The maximum absolute atomic E-state index is 11.4. The van der Waals surface area contributed by atoms with Gasteiger partial charge in [0.25, 0.3) is 0 Å². The molecule has 0 bridgehead atoms. The second kappa shape index (κ2) is 3.13. The van der Waals surface area contributed by atoms with Gasteiger partial charge < -0.3 is 15.6 Å². The number of hydrogen-bond acceptors (Lipinski definition) is 3. The lowest BCUT2D eigenvalue weighted by Crippen LogP contribution is -2.23. The Morgan fingerprint density at radius 3 is 3.08 bits per heavy atom. The Morgan fingerprint density at radius 1 is 1.33 bits per heavy atom. The second-order valence-corrected chi connectivity index (χ2v) is 2.91. The van der Waals surface area contributed by atoms with Crippen molar-refractivity contribution in [1.29, 1.82) is 0 Å². The molecule has 1 aromatic carbocycles. The average molecular weight is 163 g/mol. The Balaban J connectivity index is 2.39. The molecule has 0 atom stereocenters. The number of para-hydroxylation sites is 1. The van der Waals surface area contributed by atoms with E-state index >= 15 is 0 Å². The highest BCUT2D eigenvalue weighted by atomic mass is 16.5. The van der Waals surface area contributed by atoms with E-state index in [1.807, 2.05) is 24.3 Å². The topological polar surface area (TPSA) is 38.3 Å². The maximum Gasteiger partial charge on any atom is 0.0305 e. The number of nitrogens with zero attached hydrogens (tertiary/aromatic N) is 1. The summed E-state index contributed by atoms with van der Waals surface area (Å²) in [5.74, 6) is 0. The zero-order valence-corrected chi connectivity index (χ0v) is 6.79. The highest BCUT2D eigenvalue weighted by molar-refractivity contribution is 5.54. The highest BCUT2D eigenvalue weighted by Crippen LogP contribution is 2.20. The van der Waals surface area contributed by atoms with Crippen LogP contribution in [0.2, 0.25) is 0 Å². The molecule has 0 fully saturated rings. The van der Waals surface area contributed by atoms with Gasteiger partial charge in [-0.1, -0.05) is 18.2 Å². The number of benzene rings is 1. The molecule has 1 aromatic rings. The molecule has 1 heterocycles. The first kappa shape index (κ1) is 7.58. The molecule has 0 spiro atoms. The summed E-state index contributed by atoms with van der Waals surface area (Å²) in [6, 6.07) is 7.71. The van der Waals surface area contributed by atoms with E-state index in [1.54, 1.807) is 0 Å². The van der Waals surface area contributed by atoms with Gasteiger partial charge in [0.15, 0.2) is 0 Å². The lowest BCUT2D eigenvalue weighted by molar-refractivity contribution is 0.712. The number of anilines is 1. The van der Waals surface area contributed by atoms with E-state index in [2.05, 4.69) is 5.32 Å². The molecule has 0 saturated carbocycles. The Labute approximate surface area is 71.6 Å². The van der Waals surface area contributed by atoms with Gasteiger partial charge in [-0.3, -0.25) is 0 Å². The predicted molar refractivity (Wildman–Crippen MR) is 48.9 cm³/mol. The van der Waals surface area contributed by atoms with Gasteiger partial charge in [0, 0.05) is 25.3 Å². The summed E-state index contributed by atoms with van der Waals surface area (Å²) in [6.07, 6.45) is 0.